The third kappa shape index (κ3) is 3.52. The Morgan fingerprint density at radius 2 is 2.00 bits per heavy atom. The number of nitrogens with one attached hydrogen (secondary N) is 1. The van der Waals surface area contributed by atoms with E-state index in [4.69, 9.17) is 23.2 Å². The molecule has 3 rings (SSSR count). The van der Waals surface area contributed by atoms with Gasteiger partial charge in [0.2, 0.25) is 5.95 Å². The standard InChI is InChI=1S/C18H16Cl2N4O/c1-3-24-17(25)13-6-4-5-7-16(13)21-18(24)23-22-11(2)14-10-12(19)8-9-15(14)20/h4-10H,3H2,1-2H3,(H,21,23)/b22-11-. The number of hydrazone groups is 1. The van der Waals surface area contributed by atoms with Gasteiger partial charge >= 0.3 is 0 Å². The third-order valence-corrected chi connectivity index (χ3v) is 4.38. The lowest BCUT2D eigenvalue weighted by molar-refractivity contribution is 0.724. The molecule has 0 aliphatic heterocycles. The van der Waals surface area contributed by atoms with Gasteiger partial charge in [-0.3, -0.25) is 9.36 Å². The molecule has 128 valence electrons. The predicted molar refractivity (Wildman–Crippen MR) is 104 cm³/mol. The summed E-state index contributed by atoms with van der Waals surface area (Å²) in [6.45, 7) is 4.17. The average Bonchev–Trinajstić information content (AvgIpc) is 2.62. The van der Waals surface area contributed by atoms with Crippen LogP contribution in [0, 0.1) is 0 Å². The van der Waals surface area contributed by atoms with Gasteiger partial charge in [-0.05, 0) is 44.2 Å². The molecule has 0 fully saturated rings. The topological polar surface area (TPSA) is 59.3 Å². The highest BCUT2D eigenvalue weighted by Crippen LogP contribution is 2.21. The van der Waals surface area contributed by atoms with E-state index in [1.165, 1.54) is 0 Å². The van der Waals surface area contributed by atoms with Crippen molar-refractivity contribution in [2.45, 2.75) is 20.4 Å². The molecule has 0 spiro atoms. The largest absolute Gasteiger partial charge is 0.277 e. The molecule has 0 aliphatic rings. The fraction of sp³-hybridized carbons (Fsp3) is 0.167. The van der Waals surface area contributed by atoms with Crippen LogP contribution in [0.5, 0.6) is 0 Å². The van der Waals surface area contributed by atoms with Crippen molar-refractivity contribution in [3.05, 3.63) is 68.4 Å². The lowest BCUT2D eigenvalue weighted by atomic mass is 10.1. The van der Waals surface area contributed by atoms with Gasteiger partial charge in [0, 0.05) is 22.2 Å². The number of hydrogen-bond donors (Lipinski definition) is 1. The molecule has 0 aliphatic carbocycles. The van der Waals surface area contributed by atoms with E-state index in [1.54, 1.807) is 41.8 Å². The number of para-hydroxylation sites is 1. The minimum Gasteiger partial charge on any atom is -0.277 e. The zero-order valence-electron chi connectivity index (χ0n) is 13.8. The van der Waals surface area contributed by atoms with Crippen LogP contribution in [0.2, 0.25) is 10.0 Å². The van der Waals surface area contributed by atoms with Gasteiger partial charge in [0.15, 0.2) is 0 Å². The van der Waals surface area contributed by atoms with Crippen LogP contribution < -0.4 is 11.0 Å². The SMILES string of the molecule is CCn1c(N/N=C(/C)c2cc(Cl)ccc2Cl)nc2ccccc2c1=O. The lowest BCUT2D eigenvalue weighted by Crippen LogP contribution is -2.23. The van der Waals surface area contributed by atoms with Crippen molar-refractivity contribution >= 4 is 45.8 Å². The van der Waals surface area contributed by atoms with E-state index in [2.05, 4.69) is 15.5 Å². The molecule has 1 aromatic heterocycles. The van der Waals surface area contributed by atoms with Gasteiger partial charge in [-0.1, -0.05) is 35.3 Å². The highest BCUT2D eigenvalue weighted by atomic mass is 35.5. The van der Waals surface area contributed by atoms with Crippen molar-refractivity contribution in [3.8, 4) is 0 Å². The molecular formula is C18H16Cl2N4O. The first-order chi connectivity index (χ1) is 12.0. The van der Waals surface area contributed by atoms with Crippen molar-refractivity contribution in [1.82, 2.24) is 9.55 Å². The number of anilines is 1. The third-order valence-electron chi connectivity index (χ3n) is 3.82. The van der Waals surface area contributed by atoms with Crippen LogP contribution in [0.3, 0.4) is 0 Å². The molecule has 2 aromatic carbocycles. The molecule has 1 N–H and O–H groups in total. The summed E-state index contributed by atoms with van der Waals surface area (Å²) in [5, 5.41) is 6.02. The lowest BCUT2D eigenvalue weighted by Gasteiger charge is -2.11. The molecule has 7 heteroatoms. The quantitative estimate of drug-likeness (QED) is 0.537. The number of benzene rings is 2. The van der Waals surface area contributed by atoms with Gasteiger partial charge in [-0.2, -0.15) is 5.10 Å². The molecule has 0 atom stereocenters. The van der Waals surface area contributed by atoms with Crippen LogP contribution >= 0.6 is 23.2 Å². The summed E-state index contributed by atoms with van der Waals surface area (Å²) in [4.78, 5) is 17.1. The number of halogens is 2. The maximum Gasteiger partial charge on any atom is 0.262 e. The Morgan fingerprint density at radius 1 is 1.24 bits per heavy atom. The van der Waals surface area contributed by atoms with Crippen molar-refractivity contribution in [3.63, 3.8) is 0 Å². The summed E-state index contributed by atoms with van der Waals surface area (Å²) >= 11 is 12.2. The first-order valence-electron chi connectivity index (χ1n) is 7.76. The highest BCUT2D eigenvalue weighted by molar-refractivity contribution is 6.36. The Bertz CT molecular complexity index is 1030. The second kappa shape index (κ2) is 7.25. The molecule has 3 aromatic rings. The summed E-state index contributed by atoms with van der Waals surface area (Å²) < 4.78 is 1.54. The Labute approximate surface area is 154 Å². The second-order valence-corrected chi connectivity index (χ2v) is 6.28. The van der Waals surface area contributed by atoms with Crippen LogP contribution in [0.15, 0.2) is 52.4 Å². The van der Waals surface area contributed by atoms with E-state index in [0.717, 1.165) is 0 Å². The smallest absolute Gasteiger partial charge is 0.262 e. The fourth-order valence-electron chi connectivity index (χ4n) is 2.52. The summed E-state index contributed by atoms with van der Waals surface area (Å²) in [7, 11) is 0. The zero-order valence-corrected chi connectivity index (χ0v) is 15.3. The molecule has 0 bridgehead atoms. The summed E-state index contributed by atoms with van der Waals surface area (Å²) in [6.07, 6.45) is 0. The van der Waals surface area contributed by atoms with Crippen molar-refractivity contribution in [1.29, 1.82) is 0 Å². The number of nitrogens with zero attached hydrogens (tertiary/aromatic N) is 3. The summed E-state index contributed by atoms with van der Waals surface area (Å²) in [5.74, 6) is 0.378. The molecule has 0 saturated heterocycles. The molecule has 0 unspecified atom stereocenters. The molecule has 1 heterocycles. The predicted octanol–water partition coefficient (Wildman–Crippen LogP) is 4.56. The Hall–Kier alpha value is -2.37. The number of hydrogen-bond acceptors (Lipinski definition) is 4. The molecule has 5 nitrogen and oxygen atoms in total. The van der Waals surface area contributed by atoms with Gasteiger partial charge in [0.25, 0.3) is 5.56 Å². The first-order valence-corrected chi connectivity index (χ1v) is 8.52. The van der Waals surface area contributed by atoms with E-state index in [9.17, 15) is 4.79 Å². The Morgan fingerprint density at radius 3 is 2.76 bits per heavy atom. The second-order valence-electron chi connectivity index (χ2n) is 5.44. The fourth-order valence-corrected chi connectivity index (χ4v) is 2.94. The Kier molecular flexibility index (Phi) is 5.06. The van der Waals surface area contributed by atoms with E-state index in [0.29, 0.717) is 44.7 Å². The first kappa shape index (κ1) is 17.5. The number of rotatable bonds is 4. The van der Waals surface area contributed by atoms with Crippen molar-refractivity contribution < 1.29 is 0 Å². The van der Waals surface area contributed by atoms with Crippen LogP contribution in [0.25, 0.3) is 10.9 Å². The monoisotopic (exact) mass is 374 g/mol. The van der Waals surface area contributed by atoms with Crippen molar-refractivity contribution in [2.24, 2.45) is 5.10 Å². The maximum atomic E-state index is 12.6. The highest BCUT2D eigenvalue weighted by Gasteiger charge is 2.10. The van der Waals surface area contributed by atoms with E-state index in [-0.39, 0.29) is 5.56 Å². The maximum absolute atomic E-state index is 12.6. The van der Waals surface area contributed by atoms with Crippen LogP contribution in [0.1, 0.15) is 19.4 Å². The van der Waals surface area contributed by atoms with Crippen LogP contribution in [-0.4, -0.2) is 15.3 Å². The van der Waals surface area contributed by atoms with Crippen LogP contribution in [-0.2, 0) is 6.54 Å². The van der Waals surface area contributed by atoms with Gasteiger partial charge < -0.3 is 0 Å². The van der Waals surface area contributed by atoms with Gasteiger partial charge in [-0.15, -0.1) is 0 Å². The molecular weight excluding hydrogens is 359 g/mol. The zero-order chi connectivity index (χ0) is 18.0. The van der Waals surface area contributed by atoms with E-state index < -0.39 is 0 Å². The minimum absolute atomic E-state index is 0.107. The number of fused-ring (bicyclic) bond motifs is 1. The molecule has 0 saturated carbocycles. The summed E-state index contributed by atoms with van der Waals surface area (Å²) in [5.41, 5.74) is 4.74. The normalized spacial score (nSPS) is 11.8. The minimum atomic E-state index is -0.107. The van der Waals surface area contributed by atoms with Gasteiger partial charge in [0.05, 0.1) is 16.6 Å². The van der Waals surface area contributed by atoms with E-state index >= 15 is 0 Å². The van der Waals surface area contributed by atoms with E-state index in [1.807, 2.05) is 19.1 Å². The molecule has 0 amide bonds. The summed E-state index contributed by atoms with van der Waals surface area (Å²) in [6, 6.07) is 12.4. The van der Waals surface area contributed by atoms with Gasteiger partial charge in [-0.25, -0.2) is 10.4 Å². The molecule has 25 heavy (non-hydrogen) atoms. The Balaban J connectivity index is 2.03. The molecule has 0 radical (unpaired) electrons. The van der Waals surface area contributed by atoms with Crippen LogP contribution in [0.4, 0.5) is 5.95 Å². The van der Waals surface area contributed by atoms with Crippen molar-refractivity contribution in [2.75, 3.05) is 5.43 Å². The van der Waals surface area contributed by atoms with Gasteiger partial charge in [0.1, 0.15) is 0 Å². The average molecular weight is 375 g/mol. The number of aromatic nitrogens is 2.